The van der Waals surface area contributed by atoms with Crippen molar-refractivity contribution < 1.29 is 9.59 Å². The molecule has 4 heteroatoms. The van der Waals surface area contributed by atoms with Crippen LogP contribution in [0.15, 0.2) is 18.2 Å². The van der Waals surface area contributed by atoms with Gasteiger partial charge in [-0.25, -0.2) is 0 Å². The summed E-state index contributed by atoms with van der Waals surface area (Å²) in [5.41, 5.74) is 5.75. The highest BCUT2D eigenvalue weighted by Crippen LogP contribution is 2.17. The zero-order valence-electron chi connectivity index (χ0n) is 7.79. The second-order valence-corrected chi connectivity index (χ2v) is 3.17. The minimum atomic E-state index is -0.512. The highest BCUT2D eigenvalue weighted by molar-refractivity contribution is 6.32. The SMILES string of the molecule is NC(=O)CC#Cc1c(Cl)cccc1C=O. The van der Waals surface area contributed by atoms with Gasteiger partial charge in [0.1, 0.15) is 0 Å². The Kier molecular flexibility index (Phi) is 3.90. The average molecular weight is 222 g/mol. The van der Waals surface area contributed by atoms with Gasteiger partial charge in [0.05, 0.1) is 17.0 Å². The van der Waals surface area contributed by atoms with Gasteiger partial charge in [-0.05, 0) is 6.07 Å². The molecule has 3 nitrogen and oxygen atoms in total. The second kappa shape index (κ2) is 5.18. The number of amides is 1. The third kappa shape index (κ3) is 3.12. The van der Waals surface area contributed by atoms with E-state index in [1.165, 1.54) is 0 Å². The molecule has 1 rings (SSSR count). The highest BCUT2D eigenvalue weighted by atomic mass is 35.5. The van der Waals surface area contributed by atoms with Crippen LogP contribution in [0.1, 0.15) is 22.3 Å². The Balaban J connectivity index is 3.05. The number of hydrogen-bond donors (Lipinski definition) is 1. The van der Waals surface area contributed by atoms with Gasteiger partial charge in [-0.2, -0.15) is 0 Å². The lowest BCUT2D eigenvalue weighted by Crippen LogP contribution is -2.08. The molecule has 0 unspecified atom stereocenters. The molecule has 15 heavy (non-hydrogen) atoms. The van der Waals surface area contributed by atoms with Crippen LogP contribution in [0.5, 0.6) is 0 Å². The predicted molar refractivity (Wildman–Crippen MR) is 57.5 cm³/mol. The summed E-state index contributed by atoms with van der Waals surface area (Å²) in [5.74, 6) is 4.69. The molecule has 0 aliphatic carbocycles. The third-order valence-electron chi connectivity index (χ3n) is 1.65. The lowest BCUT2D eigenvalue weighted by atomic mass is 10.1. The Morgan fingerprint density at radius 3 is 2.87 bits per heavy atom. The van der Waals surface area contributed by atoms with Crippen molar-refractivity contribution in [2.45, 2.75) is 6.42 Å². The molecule has 0 saturated heterocycles. The number of carbonyl (C=O) groups excluding carboxylic acids is 2. The Bertz CT molecular complexity index is 457. The van der Waals surface area contributed by atoms with Crippen LogP contribution < -0.4 is 5.73 Å². The molecular formula is C11H8ClNO2. The van der Waals surface area contributed by atoms with Crippen molar-refractivity contribution in [1.29, 1.82) is 0 Å². The van der Waals surface area contributed by atoms with E-state index < -0.39 is 5.91 Å². The molecule has 0 aromatic heterocycles. The van der Waals surface area contributed by atoms with E-state index in [1.54, 1.807) is 18.2 Å². The summed E-state index contributed by atoms with van der Waals surface area (Å²) < 4.78 is 0. The van der Waals surface area contributed by atoms with Crippen molar-refractivity contribution in [3.05, 3.63) is 34.3 Å². The molecule has 1 amide bonds. The van der Waals surface area contributed by atoms with E-state index >= 15 is 0 Å². The Labute approximate surface area is 92.2 Å². The normalized spacial score (nSPS) is 8.87. The van der Waals surface area contributed by atoms with E-state index in [-0.39, 0.29) is 6.42 Å². The molecule has 0 heterocycles. The lowest BCUT2D eigenvalue weighted by Gasteiger charge is -1.98. The molecule has 0 saturated carbocycles. The summed E-state index contributed by atoms with van der Waals surface area (Å²) in [4.78, 5) is 21.1. The van der Waals surface area contributed by atoms with Crippen LogP contribution in [0.3, 0.4) is 0 Å². The van der Waals surface area contributed by atoms with Crippen LogP contribution in [-0.2, 0) is 4.79 Å². The fourth-order valence-corrected chi connectivity index (χ4v) is 1.22. The van der Waals surface area contributed by atoms with E-state index in [9.17, 15) is 9.59 Å². The third-order valence-corrected chi connectivity index (χ3v) is 1.96. The smallest absolute Gasteiger partial charge is 0.229 e. The van der Waals surface area contributed by atoms with E-state index in [0.717, 1.165) is 0 Å². The minimum Gasteiger partial charge on any atom is -0.369 e. The Morgan fingerprint density at radius 2 is 2.27 bits per heavy atom. The standard InChI is InChI=1S/C11H8ClNO2/c12-10-5-1-3-8(7-14)9(10)4-2-6-11(13)15/h1,3,5,7H,6H2,(H2,13,15). The molecule has 0 bridgehead atoms. The number of aldehydes is 1. The maximum Gasteiger partial charge on any atom is 0.229 e. The van der Waals surface area contributed by atoms with Crippen molar-refractivity contribution >= 4 is 23.8 Å². The number of benzene rings is 1. The van der Waals surface area contributed by atoms with Crippen molar-refractivity contribution in [2.75, 3.05) is 0 Å². The number of hydrogen-bond acceptors (Lipinski definition) is 2. The molecule has 0 aliphatic rings. The number of primary amides is 1. The number of carbonyl (C=O) groups is 2. The van der Waals surface area contributed by atoms with Gasteiger partial charge in [-0.1, -0.05) is 35.6 Å². The quantitative estimate of drug-likeness (QED) is 0.606. The van der Waals surface area contributed by atoms with Crippen molar-refractivity contribution in [1.82, 2.24) is 0 Å². The first kappa shape index (κ1) is 11.3. The monoisotopic (exact) mass is 221 g/mol. The van der Waals surface area contributed by atoms with Gasteiger partial charge in [-0.3, -0.25) is 9.59 Å². The molecule has 0 fully saturated rings. The van der Waals surface area contributed by atoms with Gasteiger partial charge < -0.3 is 5.73 Å². The molecule has 0 aliphatic heterocycles. The topological polar surface area (TPSA) is 60.2 Å². The molecule has 1 aromatic carbocycles. The molecule has 0 spiro atoms. The zero-order chi connectivity index (χ0) is 11.3. The summed E-state index contributed by atoms with van der Waals surface area (Å²) in [6.07, 6.45) is 0.615. The Hall–Kier alpha value is -1.79. The van der Waals surface area contributed by atoms with E-state index in [4.69, 9.17) is 17.3 Å². The summed E-state index contributed by atoms with van der Waals surface area (Å²) in [6.45, 7) is 0. The average Bonchev–Trinajstić information content (AvgIpc) is 2.20. The predicted octanol–water partition coefficient (Wildman–Crippen LogP) is 1.38. The van der Waals surface area contributed by atoms with E-state index in [0.29, 0.717) is 22.4 Å². The first-order chi connectivity index (χ1) is 7.15. The molecule has 0 atom stereocenters. The summed E-state index contributed by atoms with van der Waals surface area (Å²) in [6, 6.07) is 4.89. The maximum absolute atomic E-state index is 10.7. The van der Waals surface area contributed by atoms with Crippen molar-refractivity contribution in [2.24, 2.45) is 5.73 Å². The lowest BCUT2D eigenvalue weighted by molar-refractivity contribution is -0.117. The van der Waals surface area contributed by atoms with E-state index in [1.807, 2.05) is 0 Å². The van der Waals surface area contributed by atoms with E-state index in [2.05, 4.69) is 11.8 Å². The van der Waals surface area contributed by atoms with Crippen LogP contribution in [-0.4, -0.2) is 12.2 Å². The zero-order valence-corrected chi connectivity index (χ0v) is 8.54. The molecule has 0 radical (unpaired) electrons. The highest BCUT2D eigenvalue weighted by Gasteiger charge is 2.02. The van der Waals surface area contributed by atoms with Crippen LogP contribution >= 0.6 is 11.6 Å². The maximum atomic E-state index is 10.7. The van der Waals surface area contributed by atoms with Crippen LogP contribution in [0, 0.1) is 11.8 Å². The van der Waals surface area contributed by atoms with Gasteiger partial charge in [0.15, 0.2) is 6.29 Å². The molecular weight excluding hydrogens is 214 g/mol. The van der Waals surface area contributed by atoms with Crippen LogP contribution in [0.4, 0.5) is 0 Å². The van der Waals surface area contributed by atoms with Gasteiger partial charge in [0.25, 0.3) is 0 Å². The molecule has 1 aromatic rings. The Morgan fingerprint density at radius 1 is 1.53 bits per heavy atom. The minimum absolute atomic E-state index is 0.0521. The number of nitrogens with two attached hydrogens (primary N) is 1. The van der Waals surface area contributed by atoms with Crippen LogP contribution in [0.25, 0.3) is 0 Å². The second-order valence-electron chi connectivity index (χ2n) is 2.77. The number of halogens is 1. The van der Waals surface area contributed by atoms with Gasteiger partial charge in [0.2, 0.25) is 5.91 Å². The molecule has 2 N–H and O–H groups in total. The number of rotatable bonds is 2. The van der Waals surface area contributed by atoms with Gasteiger partial charge in [-0.15, -0.1) is 0 Å². The van der Waals surface area contributed by atoms with Crippen molar-refractivity contribution in [3.63, 3.8) is 0 Å². The summed E-state index contributed by atoms with van der Waals surface area (Å²) in [5, 5.41) is 0.386. The summed E-state index contributed by atoms with van der Waals surface area (Å²) in [7, 11) is 0. The van der Waals surface area contributed by atoms with Crippen LogP contribution in [0.2, 0.25) is 5.02 Å². The van der Waals surface area contributed by atoms with Crippen molar-refractivity contribution in [3.8, 4) is 11.8 Å². The summed E-state index contributed by atoms with van der Waals surface area (Å²) >= 11 is 5.85. The fraction of sp³-hybridized carbons (Fsp3) is 0.0909. The van der Waals surface area contributed by atoms with Gasteiger partial charge in [0, 0.05) is 5.56 Å². The molecule has 76 valence electrons. The first-order valence-corrected chi connectivity index (χ1v) is 4.54. The largest absolute Gasteiger partial charge is 0.369 e. The fourth-order valence-electron chi connectivity index (χ4n) is 0.991. The first-order valence-electron chi connectivity index (χ1n) is 4.16. The van der Waals surface area contributed by atoms with Gasteiger partial charge >= 0.3 is 0 Å².